The third kappa shape index (κ3) is 3.06. The normalized spacial score (nSPS) is 14.2. The zero-order chi connectivity index (χ0) is 9.56. The molecule has 12 heavy (non-hydrogen) atoms. The Bertz CT molecular complexity index is 106. The van der Waals surface area contributed by atoms with Crippen molar-refractivity contribution in [1.29, 1.82) is 0 Å². The van der Waals surface area contributed by atoms with Gasteiger partial charge >= 0.3 is 0 Å². The average Bonchev–Trinajstić information content (AvgIpc) is 2.12. The molecule has 1 unspecified atom stereocenters. The highest BCUT2D eigenvalue weighted by atomic mass is 16.3. The first-order valence-electron chi connectivity index (χ1n) is 4.59. The molecule has 1 atom stereocenters. The smallest absolute Gasteiger partial charge is 0.0944 e. The van der Waals surface area contributed by atoms with Crippen LogP contribution in [0.5, 0.6) is 0 Å². The fourth-order valence-corrected chi connectivity index (χ4v) is 1.33. The summed E-state index contributed by atoms with van der Waals surface area (Å²) in [5.74, 6) is 0. The van der Waals surface area contributed by atoms with E-state index in [-0.39, 0.29) is 12.8 Å². The molecular formula is C8H21N3O. The number of aliphatic hydroxyl groups is 1. The summed E-state index contributed by atoms with van der Waals surface area (Å²) >= 11 is 0. The highest BCUT2D eigenvalue weighted by Gasteiger charge is 2.16. The van der Waals surface area contributed by atoms with Crippen molar-refractivity contribution >= 4 is 0 Å². The van der Waals surface area contributed by atoms with Crippen molar-refractivity contribution in [2.24, 2.45) is 5.73 Å². The van der Waals surface area contributed by atoms with Crippen LogP contribution in [-0.4, -0.2) is 47.5 Å². The lowest BCUT2D eigenvalue weighted by Crippen LogP contribution is -2.54. The number of rotatable bonds is 6. The number of nitrogens with two attached hydrogens (primary N) is 1. The molecule has 0 rings (SSSR count). The van der Waals surface area contributed by atoms with Crippen molar-refractivity contribution in [3.63, 3.8) is 0 Å². The summed E-state index contributed by atoms with van der Waals surface area (Å²) in [5, 5.41) is 13.0. The molecule has 0 bridgehead atoms. The van der Waals surface area contributed by atoms with Gasteiger partial charge in [-0.25, -0.2) is 10.0 Å². The molecule has 0 fully saturated rings. The second-order valence-electron chi connectivity index (χ2n) is 2.64. The Morgan fingerprint density at radius 1 is 1.17 bits per heavy atom. The van der Waals surface area contributed by atoms with Gasteiger partial charge in [0, 0.05) is 19.6 Å². The topological polar surface area (TPSA) is 52.7 Å². The zero-order valence-corrected chi connectivity index (χ0v) is 8.32. The van der Waals surface area contributed by atoms with Crippen molar-refractivity contribution in [2.45, 2.75) is 26.9 Å². The van der Waals surface area contributed by atoms with Crippen molar-refractivity contribution in [3.8, 4) is 0 Å². The van der Waals surface area contributed by atoms with Gasteiger partial charge in [-0.05, 0) is 0 Å². The molecule has 0 heterocycles. The molecule has 0 aliphatic heterocycles. The Hall–Kier alpha value is -0.160. The molecule has 0 aromatic carbocycles. The summed E-state index contributed by atoms with van der Waals surface area (Å²) < 4.78 is 0. The minimum absolute atomic E-state index is 0.00431. The van der Waals surface area contributed by atoms with Gasteiger partial charge in [-0.2, -0.15) is 0 Å². The Labute approximate surface area is 74.9 Å². The van der Waals surface area contributed by atoms with Crippen LogP contribution in [0.15, 0.2) is 0 Å². The lowest BCUT2D eigenvalue weighted by atomic mass is 10.4. The van der Waals surface area contributed by atoms with Crippen LogP contribution in [0, 0.1) is 0 Å². The Morgan fingerprint density at radius 3 is 1.92 bits per heavy atom. The first kappa shape index (κ1) is 11.8. The van der Waals surface area contributed by atoms with Gasteiger partial charge in [-0.1, -0.05) is 20.8 Å². The molecule has 0 aromatic heterocycles. The van der Waals surface area contributed by atoms with Gasteiger partial charge in [0.15, 0.2) is 0 Å². The SMILES string of the molecule is CCN(CC)N(CC)C(N)CO. The van der Waals surface area contributed by atoms with Crippen LogP contribution in [0.25, 0.3) is 0 Å². The van der Waals surface area contributed by atoms with Gasteiger partial charge in [-0.3, -0.25) is 0 Å². The minimum atomic E-state index is -0.269. The highest BCUT2D eigenvalue weighted by molar-refractivity contribution is 4.60. The van der Waals surface area contributed by atoms with E-state index in [1.54, 1.807) is 0 Å². The molecule has 0 aliphatic rings. The molecule has 74 valence electrons. The molecule has 0 amide bonds. The summed E-state index contributed by atoms with van der Waals surface area (Å²) in [6.07, 6.45) is -0.269. The standard InChI is InChI=1S/C8H21N3O/c1-4-10(5-2)11(6-3)8(9)7-12/h8,12H,4-7,9H2,1-3H3. The van der Waals surface area contributed by atoms with E-state index in [9.17, 15) is 0 Å². The molecule has 0 radical (unpaired) electrons. The van der Waals surface area contributed by atoms with E-state index in [4.69, 9.17) is 10.8 Å². The van der Waals surface area contributed by atoms with E-state index < -0.39 is 0 Å². The van der Waals surface area contributed by atoms with Crippen molar-refractivity contribution in [3.05, 3.63) is 0 Å². The lowest BCUT2D eigenvalue weighted by Gasteiger charge is -2.36. The van der Waals surface area contributed by atoms with E-state index in [1.807, 2.05) is 11.9 Å². The minimum Gasteiger partial charge on any atom is -0.393 e. The lowest BCUT2D eigenvalue weighted by molar-refractivity contribution is -0.0627. The highest BCUT2D eigenvalue weighted by Crippen LogP contribution is 1.99. The number of hydrazine groups is 1. The van der Waals surface area contributed by atoms with Crippen LogP contribution in [-0.2, 0) is 0 Å². The van der Waals surface area contributed by atoms with Crippen molar-refractivity contribution in [1.82, 2.24) is 10.0 Å². The summed E-state index contributed by atoms with van der Waals surface area (Å²) in [6, 6.07) is 0. The maximum Gasteiger partial charge on any atom is 0.0944 e. The Balaban J connectivity index is 4.09. The maximum atomic E-state index is 8.88. The van der Waals surface area contributed by atoms with Gasteiger partial charge < -0.3 is 10.8 Å². The van der Waals surface area contributed by atoms with Crippen LogP contribution < -0.4 is 5.73 Å². The molecule has 0 saturated carbocycles. The van der Waals surface area contributed by atoms with Crippen LogP contribution in [0.1, 0.15) is 20.8 Å². The number of aliphatic hydroxyl groups excluding tert-OH is 1. The van der Waals surface area contributed by atoms with E-state index in [0.717, 1.165) is 19.6 Å². The van der Waals surface area contributed by atoms with Gasteiger partial charge in [0.1, 0.15) is 0 Å². The second kappa shape index (κ2) is 6.37. The Kier molecular flexibility index (Phi) is 6.28. The van der Waals surface area contributed by atoms with E-state index >= 15 is 0 Å². The third-order valence-electron chi connectivity index (χ3n) is 1.99. The molecule has 3 N–H and O–H groups in total. The largest absolute Gasteiger partial charge is 0.393 e. The molecule has 0 aromatic rings. The van der Waals surface area contributed by atoms with Crippen LogP contribution in [0.4, 0.5) is 0 Å². The molecule has 0 aliphatic carbocycles. The van der Waals surface area contributed by atoms with Gasteiger partial charge in [0.2, 0.25) is 0 Å². The fourth-order valence-electron chi connectivity index (χ4n) is 1.33. The zero-order valence-electron chi connectivity index (χ0n) is 8.32. The fraction of sp³-hybridized carbons (Fsp3) is 1.00. The first-order valence-corrected chi connectivity index (χ1v) is 4.59. The van der Waals surface area contributed by atoms with E-state index in [0.29, 0.717) is 0 Å². The predicted octanol–water partition coefficient (Wildman–Crippen LogP) is -0.158. The summed E-state index contributed by atoms with van der Waals surface area (Å²) in [5.41, 5.74) is 5.71. The van der Waals surface area contributed by atoms with E-state index in [2.05, 4.69) is 18.9 Å². The summed E-state index contributed by atoms with van der Waals surface area (Å²) in [4.78, 5) is 0. The van der Waals surface area contributed by atoms with Gasteiger partial charge in [-0.15, -0.1) is 0 Å². The first-order chi connectivity index (χ1) is 5.71. The van der Waals surface area contributed by atoms with Crippen LogP contribution >= 0.6 is 0 Å². The van der Waals surface area contributed by atoms with E-state index in [1.165, 1.54) is 0 Å². The number of likely N-dealkylation sites (N-methyl/N-ethyl adjacent to an activating group) is 1. The van der Waals surface area contributed by atoms with Crippen molar-refractivity contribution in [2.75, 3.05) is 26.2 Å². The Morgan fingerprint density at radius 2 is 1.67 bits per heavy atom. The quantitative estimate of drug-likeness (QED) is 0.435. The monoisotopic (exact) mass is 175 g/mol. The number of hydrogen-bond donors (Lipinski definition) is 2. The summed E-state index contributed by atoms with van der Waals surface area (Å²) in [6.45, 7) is 8.89. The average molecular weight is 175 g/mol. The maximum absolute atomic E-state index is 8.88. The summed E-state index contributed by atoms with van der Waals surface area (Å²) in [7, 11) is 0. The molecule has 4 heteroatoms. The van der Waals surface area contributed by atoms with Gasteiger partial charge in [0.25, 0.3) is 0 Å². The predicted molar refractivity (Wildman–Crippen MR) is 50.4 cm³/mol. The third-order valence-corrected chi connectivity index (χ3v) is 1.99. The van der Waals surface area contributed by atoms with Crippen LogP contribution in [0.3, 0.4) is 0 Å². The molecule has 0 spiro atoms. The number of nitrogens with zero attached hydrogens (tertiary/aromatic N) is 2. The van der Waals surface area contributed by atoms with Gasteiger partial charge in [0.05, 0.1) is 12.8 Å². The second-order valence-corrected chi connectivity index (χ2v) is 2.64. The van der Waals surface area contributed by atoms with Crippen LogP contribution in [0.2, 0.25) is 0 Å². The molecular weight excluding hydrogens is 154 g/mol. The molecule has 4 nitrogen and oxygen atoms in total. The van der Waals surface area contributed by atoms with Crippen molar-refractivity contribution < 1.29 is 5.11 Å². The molecule has 0 saturated heterocycles. The number of hydrogen-bond acceptors (Lipinski definition) is 4.